The van der Waals surface area contributed by atoms with Gasteiger partial charge in [-0.15, -0.1) is 0 Å². The second-order valence-corrected chi connectivity index (χ2v) is 14.5. The zero-order chi connectivity index (χ0) is 21.6. The Morgan fingerprint density at radius 3 is 2.31 bits per heavy atom. The lowest BCUT2D eigenvalue weighted by atomic mass is 9.98. The van der Waals surface area contributed by atoms with Crippen LogP contribution >= 0.6 is 0 Å². The van der Waals surface area contributed by atoms with E-state index in [1.165, 1.54) is 0 Å². The summed E-state index contributed by atoms with van der Waals surface area (Å²) >= 11 is 0. The number of rotatable bonds is 11. The molecule has 2 atom stereocenters. The average Bonchev–Trinajstić information content (AvgIpc) is 3.06. The first-order valence-corrected chi connectivity index (χ1v) is 13.3. The second kappa shape index (κ2) is 10.0. The summed E-state index contributed by atoms with van der Waals surface area (Å²) in [5.74, 6) is -0.503. The van der Waals surface area contributed by atoms with Crippen LogP contribution < -0.4 is 0 Å². The highest BCUT2D eigenvalue weighted by molar-refractivity contribution is 6.75. The predicted molar refractivity (Wildman–Crippen MR) is 118 cm³/mol. The average molecular weight is 425 g/mol. The van der Waals surface area contributed by atoms with Gasteiger partial charge in [-0.2, -0.15) is 0 Å². The van der Waals surface area contributed by atoms with E-state index < -0.39 is 19.7 Å². The van der Waals surface area contributed by atoms with Crippen molar-refractivity contribution in [2.45, 2.75) is 83.5 Å². The van der Waals surface area contributed by atoms with Crippen LogP contribution in [0.4, 0.5) is 0 Å². The maximum absolute atomic E-state index is 10.9. The van der Waals surface area contributed by atoms with Crippen molar-refractivity contribution in [1.29, 1.82) is 0 Å². The van der Waals surface area contributed by atoms with Gasteiger partial charge in [0.15, 0.2) is 5.79 Å². The normalized spacial score (nSPS) is 20.9. The van der Waals surface area contributed by atoms with Crippen LogP contribution in [0.5, 0.6) is 0 Å². The topological polar surface area (TPSA) is 57.2 Å². The molecule has 6 heteroatoms. The maximum atomic E-state index is 10.9. The van der Waals surface area contributed by atoms with Gasteiger partial charge in [0.1, 0.15) is 0 Å². The molecule has 1 heterocycles. The van der Waals surface area contributed by atoms with Crippen LogP contribution in [0.1, 0.15) is 59.4 Å². The molecule has 0 amide bonds. The van der Waals surface area contributed by atoms with Gasteiger partial charge in [0.2, 0.25) is 8.32 Å². The Morgan fingerprint density at radius 2 is 1.72 bits per heavy atom. The third-order valence-electron chi connectivity index (χ3n) is 6.02. The highest BCUT2D eigenvalue weighted by atomic mass is 28.4. The molecule has 1 aromatic carbocycles. The molecule has 29 heavy (non-hydrogen) atoms. The summed E-state index contributed by atoms with van der Waals surface area (Å²) in [4.78, 5) is 0. The van der Waals surface area contributed by atoms with Crippen LogP contribution in [0, 0.1) is 0 Å². The van der Waals surface area contributed by atoms with Gasteiger partial charge in [-0.25, -0.2) is 0 Å². The van der Waals surface area contributed by atoms with Gasteiger partial charge in [-0.1, -0.05) is 51.1 Å². The van der Waals surface area contributed by atoms with Crippen LogP contribution in [0.25, 0.3) is 0 Å². The Morgan fingerprint density at radius 1 is 1.10 bits per heavy atom. The van der Waals surface area contributed by atoms with E-state index in [-0.39, 0.29) is 5.04 Å². The van der Waals surface area contributed by atoms with Gasteiger partial charge in [0.25, 0.3) is 0 Å². The van der Waals surface area contributed by atoms with Crippen molar-refractivity contribution in [3.63, 3.8) is 0 Å². The quantitative estimate of drug-likeness (QED) is 0.516. The van der Waals surface area contributed by atoms with Crippen molar-refractivity contribution in [3.8, 4) is 0 Å². The summed E-state index contributed by atoms with van der Waals surface area (Å²) in [5.41, 5.74) is 0.281. The number of benzene rings is 1. The highest BCUT2D eigenvalue weighted by Crippen LogP contribution is 2.38. The fourth-order valence-corrected chi connectivity index (χ4v) is 5.36. The minimum absolute atomic E-state index is 0.00122. The van der Waals surface area contributed by atoms with E-state index in [1.807, 2.05) is 32.0 Å². The monoisotopic (exact) mass is 424 g/mol. The number of hydrogen-bond acceptors (Lipinski definition) is 5. The van der Waals surface area contributed by atoms with Crippen molar-refractivity contribution >= 4 is 8.32 Å². The Hall–Kier alpha value is -0.763. The summed E-state index contributed by atoms with van der Waals surface area (Å²) in [6, 6.07) is 10.2. The van der Waals surface area contributed by atoms with Gasteiger partial charge in [0.05, 0.1) is 38.3 Å². The fraction of sp³-hybridized carbons (Fsp3) is 0.739. The molecule has 1 aliphatic rings. The number of ether oxygens (including phenoxy) is 3. The predicted octanol–water partition coefficient (Wildman–Crippen LogP) is 4.82. The van der Waals surface area contributed by atoms with Crippen LogP contribution in [0.3, 0.4) is 0 Å². The fourth-order valence-electron chi connectivity index (χ4n) is 3.29. The smallest absolute Gasteiger partial charge is 0.220 e. The lowest BCUT2D eigenvalue weighted by Gasteiger charge is -2.41. The summed E-state index contributed by atoms with van der Waals surface area (Å²) in [6.45, 7) is 14.8. The molecule has 0 unspecified atom stereocenters. The Kier molecular flexibility index (Phi) is 8.48. The summed E-state index contributed by atoms with van der Waals surface area (Å²) < 4.78 is 23.8. The van der Waals surface area contributed by atoms with Crippen molar-refractivity contribution in [3.05, 3.63) is 35.9 Å². The van der Waals surface area contributed by atoms with Gasteiger partial charge in [-0.3, -0.25) is 0 Å². The zero-order valence-corrected chi connectivity index (χ0v) is 20.1. The van der Waals surface area contributed by atoms with Crippen LogP contribution in [0.2, 0.25) is 11.6 Å². The van der Waals surface area contributed by atoms with Crippen LogP contribution in [-0.2, 0) is 25.2 Å². The lowest BCUT2D eigenvalue weighted by Crippen LogP contribution is -2.51. The van der Waals surface area contributed by atoms with Crippen LogP contribution in [-0.4, -0.2) is 50.9 Å². The molecule has 0 radical (unpaired) electrons. The van der Waals surface area contributed by atoms with E-state index in [1.54, 1.807) is 0 Å². The molecule has 1 fully saturated rings. The van der Waals surface area contributed by atoms with Crippen molar-refractivity contribution in [2.24, 2.45) is 0 Å². The molecule has 166 valence electrons. The van der Waals surface area contributed by atoms with Crippen molar-refractivity contribution < 1.29 is 23.7 Å². The van der Waals surface area contributed by atoms with Gasteiger partial charge >= 0.3 is 0 Å². The van der Waals surface area contributed by atoms with Crippen molar-refractivity contribution in [1.82, 2.24) is 0 Å². The molecule has 5 nitrogen and oxygen atoms in total. The number of aliphatic hydroxyl groups is 1. The molecule has 0 bridgehead atoms. The first kappa shape index (κ1) is 24.5. The Balaban J connectivity index is 1.84. The molecule has 0 saturated carbocycles. The largest absolute Gasteiger partial charge is 0.411 e. The van der Waals surface area contributed by atoms with E-state index in [0.717, 1.165) is 18.4 Å². The lowest BCUT2D eigenvalue weighted by molar-refractivity contribution is -0.149. The molecule has 1 aromatic rings. The third kappa shape index (κ3) is 7.77. The summed E-state index contributed by atoms with van der Waals surface area (Å²) in [6.07, 6.45) is 2.85. The minimum atomic E-state index is -2.23. The number of hydrogen-bond donors (Lipinski definition) is 1. The highest BCUT2D eigenvalue weighted by Gasteiger charge is 2.44. The Bertz CT molecular complexity index is 607. The maximum Gasteiger partial charge on any atom is 0.220 e. The van der Waals surface area contributed by atoms with Gasteiger partial charge in [0, 0.05) is 6.42 Å². The molecular weight excluding hydrogens is 384 g/mol. The van der Waals surface area contributed by atoms with E-state index in [9.17, 15) is 5.11 Å². The van der Waals surface area contributed by atoms with E-state index >= 15 is 0 Å². The summed E-state index contributed by atoms with van der Waals surface area (Å²) in [5, 5.41) is 10.9. The Labute approximate surface area is 177 Å². The van der Waals surface area contributed by atoms with Gasteiger partial charge in [-0.05, 0) is 43.8 Å². The minimum Gasteiger partial charge on any atom is -0.411 e. The SMILES string of the molecule is CC1(CCC[C@@](C)(O)CO[Si@](C)(COCc2ccccc2)C(C)(C)C)OCCO1. The molecule has 0 spiro atoms. The molecule has 1 N–H and O–H groups in total. The molecule has 0 aromatic heterocycles. The molecule has 0 aliphatic carbocycles. The standard InChI is InChI=1S/C23H40O5Si/c1-21(2,3)29(6,19-25-17-20-11-8-7-9-12-20)28-18-22(4,24)13-10-14-23(5)26-15-16-27-23/h7-9,11-12,24H,10,13-19H2,1-6H3/t22-,29-/m1/s1. The summed E-state index contributed by atoms with van der Waals surface area (Å²) in [7, 11) is -2.23. The first-order valence-electron chi connectivity index (χ1n) is 10.7. The second-order valence-electron chi connectivity index (χ2n) is 9.93. The zero-order valence-electron chi connectivity index (χ0n) is 19.1. The van der Waals surface area contributed by atoms with Gasteiger partial charge < -0.3 is 23.7 Å². The molecule has 1 saturated heterocycles. The van der Waals surface area contributed by atoms with E-state index in [0.29, 0.717) is 39.1 Å². The van der Waals surface area contributed by atoms with Crippen LogP contribution in [0.15, 0.2) is 30.3 Å². The molecular formula is C23H40O5Si. The van der Waals surface area contributed by atoms with E-state index in [4.69, 9.17) is 18.6 Å². The molecule has 1 aliphatic heterocycles. The molecule has 2 rings (SSSR count). The third-order valence-corrected chi connectivity index (χ3v) is 10.7. The van der Waals surface area contributed by atoms with Crippen molar-refractivity contribution in [2.75, 3.05) is 26.1 Å². The van der Waals surface area contributed by atoms with E-state index in [2.05, 4.69) is 39.5 Å². The first-order chi connectivity index (χ1) is 13.4.